The fourth-order valence-corrected chi connectivity index (χ4v) is 0.215. The van der Waals surface area contributed by atoms with Gasteiger partial charge in [0.05, 0.1) is 6.61 Å². The molecular weight excluding hydrogens is 66.0 g/mol. The molecule has 1 rings (SSSR count). The molecule has 0 saturated carbocycles. The summed E-state index contributed by atoms with van der Waals surface area (Å²) in [4.78, 5) is 0. The van der Waals surface area contributed by atoms with E-state index in [0.29, 0.717) is 6.23 Å². The molecule has 0 aromatic heterocycles. The molecule has 1 aliphatic rings. The number of likely N-dealkylation sites (N-methyl/N-ethyl adjacent to an activating group) is 1. The van der Waals surface area contributed by atoms with Crippen LogP contribution in [0.3, 0.4) is 0 Å². The molecule has 0 unspecified atom stereocenters. The molecule has 0 spiro atoms. The average Bonchev–Trinajstić information content (AvgIpc) is 2.12. The summed E-state index contributed by atoms with van der Waals surface area (Å²) in [5, 5.41) is 2.92. The van der Waals surface area contributed by atoms with Gasteiger partial charge in [0.15, 0.2) is 0 Å². The van der Waals surface area contributed by atoms with Gasteiger partial charge in [-0.3, -0.25) is 5.32 Å². The zero-order valence-corrected chi connectivity index (χ0v) is 3.19. The molecule has 30 valence electrons. The Morgan fingerprint density at radius 1 is 2.00 bits per heavy atom. The lowest BCUT2D eigenvalue weighted by molar-refractivity contribution is 0.384. The zero-order valence-electron chi connectivity index (χ0n) is 3.19. The lowest BCUT2D eigenvalue weighted by atomic mass is 10.8. The molecule has 2 heteroatoms. The maximum absolute atomic E-state index is 4.75. The van der Waals surface area contributed by atoms with Crippen LogP contribution in [0.4, 0.5) is 0 Å². The van der Waals surface area contributed by atoms with Gasteiger partial charge in [0, 0.05) is 0 Å². The molecule has 5 heavy (non-hydrogen) atoms. The van der Waals surface area contributed by atoms with Crippen LogP contribution in [0.25, 0.3) is 0 Å². The molecule has 0 amide bonds. The third-order valence-electron chi connectivity index (χ3n) is 0.655. The number of hydrogen-bond acceptors (Lipinski definition) is 2. The summed E-state index contributed by atoms with van der Waals surface area (Å²) in [5.74, 6) is 0. The Morgan fingerprint density at radius 3 is 2.60 bits per heavy atom. The Bertz CT molecular complexity index is 33.9. The Hall–Kier alpha value is -0.0800. The van der Waals surface area contributed by atoms with Crippen LogP contribution in [0.5, 0.6) is 0 Å². The van der Waals surface area contributed by atoms with Crippen molar-refractivity contribution in [1.29, 1.82) is 0 Å². The highest BCUT2D eigenvalue weighted by atomic mass is 16.6. The fraction of sp³-hybridized carbons (Fsp3) is 1.00. The predicted molar refractivity (Wildman–Crippen MR) is 18.8 cm³/mol. The molecule has 1 aliphatic heterocycles. The number of epoxide rings is 1. The van der Waals surface area contributed by atoms with Crippen LogP contribution >= 0.6 is 0 Å². The standard InChI is InChI=1S/C3H7NO/c1-4-3-2-5-3/h3-4H,2H2,1H3/t3-/m0/s1. The van der Waals surface area contributed by atoms with Crippen molar-refractivity contribution in [3.05, 3.63) is 0 Å². The van der Waals surface area contributed by atoms with Crippen LogP contribution in [-0.4, -0.2) is 19.9 Å². The first kappa shape index (κ1) is 3.12. The van der Waals surface area contributed by atoms with Gasteiger partial charge >= 0.3 is 0 Å². The van der Waals surface area contributed by atoms with Crippen molar-refractivity contribution in [2.75, 3.05) is 13.7 Å². The normalized spacial score (nSPS) is 34.2. The summed E-state index contributed by atoms with van der Waals surface area (Å²) in [6.07, 6.45) is 0.384. The molecule has 1 atom stereocenters. The molecule has 1 saturated heterocycles. The van der Waals surface area contributed by atoms with Crippen LogP contribution in [0.15, 0.2) is 0 Å². The van der Waals surface area contributed by atoms with E-state index in [1.54, 1.807) is 0 Å². The van der Waals surface area contributed by atoms with E-state index in [4.69, 9.17) is 4.74 Å². The molecular formula is C3H7NO. The first-order valence-electron chi connectivity index (χ1n) is 1.72. The van der Waals surface area contributed by atoms with Gasteiger partial charge in [0.25, 0.3) is 0 Å². The summed E-state index contributed by atoms with van der Waals surface area (Å²) in [6.45, 7) is 0.899. The van der Waals surface area contributed by atoms with Gasteiger partial charge in [-0.05, 0) is 7.05 Å². The topological polar surface area (TPSA) is 24.6 Å². The van der Waals surface area contributed by atoms with Gasteiger partial charge in [-0.2, -0.15) is 0 Å². The van der Waals surface area contributed by atoms with E-state index in [9.17, 15) is 0 Å². The van der Waals surface area contributed by atoms with Crippen LogP contribution < -0.4 is 5.32 Å². The van der Waals surface area contributed by atoms with Crippen molar-refractivity contribution in [2.45, 2.75) is 6.23 Å². The second-order valence-electron chi connectivity index (χ2n) is 1.11. The van der Waals surface area contributed by atoms with Gasteiger partial charge in [0.1, 0.15) is 6.23 Å². The van der Waals surface area contributed by atoms with E-state index in [1.807, 2.05) is 7.05 Å². The Morgan fingerprint density at radius 2 is 2.60 bits per heavy atom. The lowest BCUT2D eigenvalue weighted by Gasteiger charge is -1.76. The van der Waals surface area contributed by atoms with Crippen molar-refractivity contribution in [3.8, 4) is 0 Å². The van der Waals surface area contributed by atoms with Crippen molar-refractivity contribution < 1.29 is 4.74 Å². The second-order valence-corrected chi connectivity index (χ2v) is 1.11. The van der Waals surface area contributed by atoms with Gasteiger partial charge in [-0.1, -0.05) is 0 Å². The third-order valence-corrected chi connectivity index (χ3v) is 0.655. The van der Waals surface area contributed by atoms with Gasteiger partial charge < -0.3 is 4.74 Å². The molecule has 0 bridgehead atoms. The van der Waals surface area contributed by atoms with Gasteiger partial charge in [-0.25, -0.2) is 0 Å². The monoisotopic (exact) mass is 73.1 g/mol. The molecule has 2 nitrogen and oxygen atoms in total. The Labute approximate surface area is 31.1 Å². The molecule has 1 heterocycles. The van der Waals surface area contributed by atoms with Crippen molar-refractivity contribution in [2.24, 2.45) is 0 Å². The summed E-state index contributed by atoms with van der Waals surface area (Å²) >= 11 is 0. The summed E-state index contributed by atoms with van der Waals surface area (Å²) in [6, 6.07) is 0. The van der Waals surface area contributed by atoms with E-state index in [0.717, 1.165) is 6.61 Å². The van der Waals surface area contributed by atoms with Gasteiger partial charge in [-0.15, -0.1) is 0 Å². The third kappa shape index (κ3) is 0.597. The number of ether oxygens (including phenoxy) is 1. The van der Waals surface area contributed by atoms with Gasteiger partial charge in [0.2, 0.25) is 0 Å². The highest BCUT2D eigenvalue weighted by Crippen LogP contribution is 2.00. The molecule has 0 aromatic carbocycles. The first-order chi connectivity index (χ1) is 2.43. The summed E-state index contributed by atoms with van der Waals surface area (Å²) < 4.78 is 4.75. The van der Waals surface area contributed by atoms with E-state index < -0.39 is 0 Å². The quantitative estimate of drug-likeness (QED) is 0.426. The van der Waals surface area contributed by atoms with E-state index in [-0.39, 0.29) is 0 Å². The zero-order chi connectivity index (χ0) is 3.70. The van der Waals surface area contributed by atoms with Crippen LogP contribution in [0, 0.1) is 0 Å². The fourth-order valence-electron chi connectivity index (χ4n) is 0.215. The highest BCUT2D eigenvalue weighted by molar-refractivity contribution is 4.60. The van der Waals surface area contributed by atoms with Crippen LogP contribution in [0.2, 0.25) is 0 Å². The van der Waals surface area contributed by atoms with Crippen LogP contribution in [-0.2, 0) is 4.74 Å². The molecule has 0 radical (unpaired) electrons. The minimum atomic E-state index is 0.384. The SMILES string of the molecule is CN[C@@H]1CO1. The first-order valence-corrected chi connectivity index (χ1v) is 1.72. The maximum Gasteiger partial charge on any atom is 0.131 e. The Balaban J connectivity index is 2.00. The van der Waals surface area contributed by atoms with E-state index in [1.165, 1.54) is 0 Å². The summed E-state index contributed by atoms with van der Waals surface area (Å²) in [5.41, 5.74) is 0. The number of hydrogen-bond donors (Lipinski definition) is 1. The molecule has 1 N–H and O–H groups in total. The lowest BCUT2D eigenvalue weighted by Crippen LogP contribution is -2.08. The smallest absolute Gasteiger partial charge is 0.131 e. The minimum absolute atomic E-state index is 0.384. The minimum Gasteiger partial charge on any atom is -0.357 e. The second kappa shape index (κ2) is 0.954. The average molecular weight is 73.1 g/mol. The number of rotatable bonds is 1. The molecule has 0 aromatic rings. The number of nitrogens with one attached hydrogen (secondary N) is 1. The van der Waals surface area contributed by atoms with E-state index >= 15 is 0 Å². The Kier molecular flexibility index (Phi) is 0.596. The van der Waals surface area contributed by atoms with Crippen molar-refractivity contribution >= 4 is 0 Å². The van der Waals surface area contributed by atoms with Crippen molar-refractivity contribution in [1.82, 2.24) is 5.32 Å². The largest absolute Gasteiger partial charge is 0.357 e. The van der Waals surface area contributed by atoms with Crippen molar-refractivity contribution in [3.63, 3.8) is 0 Å². The molecule has 1 fully saturated rings. The van der Waals surface area contributed by atoms with E-state index in [2.05, 4.69) is 5.32 Å². The highest BCUT2D eigenvalue weighted by Gasteiger charge is 2.18. The summed E-state index contributed by atoms with van der Waals surface area (Å²) in [7, 11) is 1.89. The predicted octanol–water partition coefficient (Wildman–Crippen LogP) is -0.438. The van der Waals surface area contributed by atoms with Crippen LogP contribution in [0.1, 0.15) is 0 Å². The maximum atomic E-state index is 4.75. The molecule has 0 aliphatic carbocycles.